The Morgan fingerprint density at radius 3 is 2.29 bits per heavy atom. The monoisotopic (exact) mass is 349 g/mol. The van der Waals surface area contributed by atoms with Crippen LogP contribution in [0.2, 0.25) is 0 Å². The first-order valence-electron chi connectivity index (χ1n) is 7.88. The Kier molecular flexibility index (Phi) is 4.98. The zero-order valence-corrected chi connectivity index (χ0v) is 14.4. The number of nitrogens with one attached hydrogen (secondary N) is 1. The molecule has 0 saturated heterocycles. The standard InChI is InChI=1S/C17H23N3O3S/c1-18-13-15(21)11-12-19-16-9-5-6-10-17(16)20(24(19,22)23)14-7-3-2-4-8-14/h2-10,15,18,21-23H,11-13H2,1H3. The van der Waals surface area contributed by atoms with Gasteiger partial charge in [0.2, 0.25) is 0 Å². The molecule has 1 aliphatic rings. The van der Waals surface area contributed by atoms with Gasteiger partial charge in [0.25, 0.3) is 0 Å². The lowest BCUT2D eigenvalue weighted by molar-refractivity contribution is 0.167. The molecule has 0 radical (unpaired) electrons. The Hall–Kier alpha value is -1.77. The van der Waals surface area contributed by atoms with Crippen LogP contribution in [0.15, 0.2) is 54.6 Å². The van der Waals surface area contributed by atoms with E-state index in [9.17, 15) is 14.2 Å². The van der Waals surface area contributed by atoms with Crippen LogP contribution in [0, 0.1) is 0 Å². The number of fused-ring (bicyclic) bond motifs is 1. The minimum absolute atomic E-state index is 0.353. The summed E-state index contributed by atoms with van der Waals surface area (Å²) < 4.78 is 25.0. The summed E-state index contributed by atoms with van der Waals surface area (Å²) in [5, 5.41) is 12.9. The SMILES string of the molecule is CNCC(O)CCN1c2ccccc2N(c2ccccc2)S1(O)O. The van der Waals surface area contributed by atoms with Gasteiger partial charge in [-0.1, -0.05) is 30.3 Å². The second kappa shape index (κ2) is 7.00. The molecule has 0 spiro atoms. The summed E-state index contributed by atoms with van der Waals surface area (Å²) in [6, 6.07) is 16.8. The lowest BCUT2D eigenvalue weighted by Gasteiger charge is -2.44. The molecule has 2 aromatic rings. The molecule has 0 amide bonds. The Labute approximate surface area is 144 Å². The van der Waals surface area contributed by atoms with Crippen LogP contribution in [0.1, 0.15) is 6.42 Å². The number of anilines is 3. The van der Waals surface area contributed by atoms with E-state index in [2.05, 4.69) is 5.32 Å². The van der Waals surface area contributed by atoms with Crippen LogP contribution in [0.5, 0.6) is 0 Å². The van der Waals surface area contributed by atoms with E-state index in [4.69, 9.17) is 0 Å². The predicted molar refractivity (Wildman–Crippen MR) is 99.8 cm³/mol. The van der Waals surface area contributed by atoms with Gasteiger partial charge in [0, 0.05) is 13.1 Å². The molecule has 1 heterocycles. The molecule has 0 bridgehead atoms. The molecule has 3 rings (SSSR count). The molecule has 0 aromatic heterocycles. The van der Waals surface area contributed by atoms with Gasteiger partial charge in [-0.05, 0) is 48.7 Å². The smallest absolute Gasteiger partial charge is 0.0896 e. The average Bonchev–Trinajstić information content (AvgIpc) is 2.80. The van der Waals surface area contributed by atoms with Crippen molar-refractivity contribution in [2.75, 3.05) is 28.7 Å². The molecule has 2 aromatic carbocycles. The summed E-state index contributed by atoms with van der Waals surface area (Å²) in [4.78, 5) is 0. The summed E-state index contributed by atoms with van der Waals surface area (Å²) in [5.74, 6) is 0. The van der Waals surface area contributed by atoms with E-state index < -0.39 is 17.1 Å². The van der Waals surface area contributed by atoms with E-state index in [1.54, 1.807) is 15.7 Å². The van der Waals surface area contributed by atoms with E-state index in [0.29, 0.717) is 19.5 Å². The highest BCUT2D eigenvalue weighted by atomic mass is 32.3. The largest absolute Gasteiger partial charge is 0.392 e. The van der Waals surface area contributed by atoms with E-state index in [1.165, 1.54) is 0 Å². The van der Waals surface area contributed by atoms with Crippen LogP contribution in [-0.4, -0.2) is 40.5 Å². The number of para-hydroxylation sites is 3. The molecule has 0 fully saturated rings. The zero-order valence-electron chi connectivity index (χ0n) is 13.5. The summed E-state index contributed by atoms with van der Waals surface area (Å²) >= 11 is 0. The zero-order chi connectivity index (χ0) is 17.2. The van der Waals surface area contributed by atoms with Crippen LogP contribution in [-0.2, 0) is 0 Å². The third-order valence-electron chi connectivity index (χ3n) is 4.01. The normalized spacial score (nSPS) is 18.3. The molecule has 0 aliphatic carbocycles. The maximum Gasteiger partial charge on any atom is 0.0896 e. The minimum Gasteiger partial charge on any atom is -0.392 e. The molecule has 7 heteroatoms. The topological polar surface area (TPSA) is 79.2 Å². The van der Waals surface area contributed by atoms with E-state index in [-0.39, 0.29) is 0 Å². The quantitative estimate of drug-likeness (QED) is 0.641. The third kappa shape index (κ3) is 3.09. The number of hydrogen-bond donors (Lipinski definition) is 4. The van der Waals surface area contributed by atoms with Crippen molar-refractivity contribution in [3.05, 3.63) is 54.6 Å². The highest BCUT2D eigenvalue weighted by molar-refractivity contribution is 8.27. The fraction of sp³-hybridized carbons (Fsp3) is 0.294. The van der Waals surface area contributed by atoms with Crippen molar-refractivity contribution in [2.45, 2.75) is 12.5 Å². The Morgan fingerprint density at radius 1 is 1.00 bits per heavy atom. The van der Waals surface area contributed by atoms with Crippen molar-refractivity contribution in [3.8, 4) is 0 Å². The van der Waals surface area contributed by atoms with Crippen molar-refractivity contribution in [2.24, 2.45) is 0 Å². The molecular weight excluding hydrogens is 326 g/mol. The molecule has 130 valence electrons. The number of benzene rings is 2. The Morgan fingerprint density at radius 2 is 1.62 bits per heavy atom. The van der Waals surface area contributed by atoms with E-state index in [0.717, 1.165) is 17.1 Å². The highest BCUT2D eigenvalue weighted by Gasteiger charge is 2.41. The first-order chi connectivity index (χ1) is 11.6. The summed E-state index contributed by atoms with van der Waals surface area (Å²) in [6.07, 6.45) is -0.101. The summed E-state index contributed by atoms with van der Waals surface area (Å²) in [6.45, 7) is 0.822. The van der Waals surface area contributed by atoms with Gasteiger partial charge < -0.3 is 10.4 Å². The number of aliphatic hydroxyl groups excluding tert-OH is 1. The number of aliphatic hydroxyl groups is 1. The van der Waals surface area contributed by atoms with Gasteiger partial charge in [-0.3, -0.25) is 13.4 Å². The molecular formula is C17H23N3O3S. The first-order valence-corrected chi connectivity index (χ1v) is 9.34. The molecule has 24 heavy (non-hydrogen) atoms. The summed E-state index contributed by atoms with van der Waals surface area (Å²) in [5.41, 5.74) is 2.24. The van der Waals surface area contributed by atoms with Gasteiger partial charge in [-0.15, -0.1) is 0 Å². The maximum atomic E-state index is 10.9. The van der Waals surface area contributed by atoms with Crippen molar-refractivity contribution in [1.82, 2.24) is 5.32 Å². The minimum atomic E-state index is -3.22. The number of likely N-dealkylation sites (N-methyl/N-ethyl adjacent to an activating group) is 1. The van der Waals surface area contributed by atoms with Gasteiger partial charge in [0.15, 0.2) is 0 Å². The van der Waals surface area contributed by atoms with E-state index >= 15 is 0 Å². The number of hydrogen-bond acceptors (Lipinski definition) is 6. The second-order valence-corrected chi connectivity index (χ2v) is 7.50. The van der Waals surface area contributed by atoms with Gasteiger partial charge in [-0.2, -0.15) is 0 Å². The molecule has 6 nitrogen and oxygen atoms in total. The van der Waals surface area contributed by atoms with E-state index in [1.807, 2.05) is 54.6 Å². The Bertz CT molecular complexity index is 684. The molecule has 0 saturated carbocycles. The van der Waals surface area contributed by atoms with Crippen LogP contribution in [0.4, 0.5) is 17.1 Å². The van der Waals surface area contributed by atoms with Crippen molar-refractivity contribution in [3.63, 3.8) is 0 Å². The molecule has 1 atom stereocenters. The van der Waals surface area contributed by atoms with Gasteiger partial charge in [0.1, 0.15) is 0 Å². The molecule has 4 N–H and O–H groups in total. The van der Waals surface area contributed by atoms with Crippen LogP contribution >= 0.6 is 11.0 Å². The fourth-order valence-electron chi connectivity index (χ4n) is 2.90. The first kappa shape index (κ1) is 17.1. The molecule has 1 unspecified atom stereocenters. The maximum absolute atomic E-state index is 10.9. The van der Waals surface area contributed by atoms with Gasteiger partial charge in [-0.25, -0.2) is 4.31 Å². The number of rotatable bonds is 6. The average molecular weight is 349 g/mol. The van der Waals surface area contributed by atoms with Crippen molar-refractivity contribution < 1.29 is 14.2 Å². The predicted octanol–water partition coefficient (Wildman–Crippen LogP) is 3.20. The van der Waals surface area contributed by atoms with Crippen LogP contribution in [0.3, 0.4) is 0 Å². The van der Waals surface area contributed by atoms with Crippen LogP contribution in [0.25, 0.3) is 0 Å². The number of nitrogens with zero attached hydrogens (tertiary/aromatic N) is 2. The van der Waals surface area contributed by atoms with Gasteiger partial charge >= 0.3 is 0 Å². The second-order valence-electron chi connectivity index (χ2n) is 5.71. The lowest BCUT2D eigenvalue weighted by Crippen LogP contribution is -2.34. The highest BCUT2D eigenvalue weighted by Crippen LogP contribution is 2.63. The summed E-state index contributed by atoms with van der Waals surface area (Å²) in [7, 11) is -1.44. The van der Waals surface area contributed by atoms with Gasteiger partial charge in [0.05, 0.1) is 23.2 Å². The third-order valence-corrected chi connectivity index (χ3v) is 5.87. The lowest BCUT2D eigenvalue weighted by atomic mass is 10.2. The fourth-order valence-corrected chi connectivity index (χ4v) is 4.69. The van der Waals surface area contributed by atoms with Crippen LogP contribution < -0.4 is 13.9 Å². The van der Waals surface area contributed by atoms with Crippen molar-refractivity contribution >= 4 is 28.0 Å². The van der Waals surface area contributed by atoms with Crippen molar-refractivity contribution in [1.29, 1.82) is 0 Å². The Balaban J connectivity index is 1.93. The molecule has 1 aliphatic heterocycles.